The van der Waals surface area contributed by atoms with Gasteiger partial charge in [-0.15, -0.1) is 0 Å². The molecule has 4 rings (SSSR count). The molecule has 35 heavy (non-hydrogen) atoms. The quantitative estimate of drug-likeness (QED) is 0.149. The van der Waals surface area contributed by atoms with Gasteiger partial charge < -0.3 is 20.2 Å². The SMILES string of the molecule is O=[N+]([O-])c1ccc(O)c(/C=N/Nc2nc(NCc3ccc(F)cc3)nc(NCc3ccco3)n2)c1. The van der Waals surface area contributed by atoms with Crippen molar-refractivity contribution in [2.45, 2.75) is 13.1 Å². The lowest BCUT2D eigenvalue weighted by atomic mass is 10.2. The third-order valence-corrected chi connectivity index (χ3v) is 4.59. The Bertz CT molecular complexity index is 1330. The fourth-order valence-corrected chi connectivity index (χ4v) is 2.87. The number of anilines is 3. The molecule has 0 spiro atoms. The fraction of sp³-hybridized carbons (Fsp3) is 0.0909. The number of benzene rings is 2. The van der Waals surface area contributed by atoms with E-state index in [-0.39, 0.29) is 40.7 Å². The maximum absolute atomic E-state index is 13.1. The van der Waals surface area contributed by atoms with E-state index in [2.05, 4.69) is 36.1 Å². The summed E-state index contributed by atoms with van der Waals surface area (Å²) in [6.45, 7) is 0.644. The molecule has 4 aromatic rings. The molecular weight excluding hydrogens is 459 g/mol. The number of nitro groups is 1. The van der Waals surface area contributed by atoms with Gasteiger partial charge in [0.05, 0.1) is 23.9 Å². The van der Waals surface area contributed by atoms with Crippen molar-refractivity contribution in [3.63, 3.8) is 0 Å². The number of phenolic OH excluding ortho intramolecular Hbond substituents is 1. The van der Waals surface area contributed by atoms with Gasteiger partial charge in [-0.1, -0.05) is 12.1 Å². The number of non-ortho nitro benzene ring substituents is 1. The van der Waals surface area contributed by atoms with E-state index in [0.717, 1.165) is 5.56 Å². The molecule has 0 saturated carbocycles. The molecule has 4 N–H and O–H groups in total. The first-order valence-corrected chi connectivity index (χ1v) is 10.2. The van der Waals surface area contributed by atoms with Gasteiger partial charge in [0, 0.05) is 24.2 Å². The number of hydrogen-bond donors (Lipinski definition) is 4. The Hall–Kier alpha value is -5.07. The van der Waals surface area contributed by atoms with Crippen LogP contribution in [0.4, 0.5) is 27.9 Å². The maximum atomic E-state index is 13.1. The summed E-state index contributed by atoms with van der Waals surface area (Å²) in [7, 11) is 0. The van der Waals surface area contributed by atoms with E-state index >= 15 is 0 Å². The zero-order valence-corrected chi connectivity index (χ0v) is 18.1. The molecule has 0 unspecified atom stereocenters. The Labute approximate surface area is 197 Å². The van der Waals surface area contributed by atoms with Gasteiger partial charge in [0.15, 0.2) is 0 Å². The number of nitro benzene ring substituents is 1. The number of hydrazone groups is 1. The van der Waals surface area contributed by atoms with Crippen molar-refractivity contribution in [3.05, 3.63) is 93.7 Å². The van der Waals surface area contributed by atoms with Crippen LogP contribution in [0.15, 0.2) is 70.4 Å². The number of aromatic nitrogens is 3. The minimum absolute atomic E-state index is 0.0599. The van der Waals surface area contributed by atoms with Crippen LogP contribution in [-0.2, 0) is 13.1 Å². The fourth-order valence-electron chi connectivity index (χ4n) is 2.87. The zero-order chi connectivity index (χ0) is 24.6. The van der Waals surface area contributed by atoms with Crippen LogP contribution in [-0.4, -0.2) is 31.2 Å². The van der Waals surface area contributed by atoms with E-state index in [4.69, 9.17) is 4.42 Å². The van der Waals surface area contributed by atoms with Crippen LogP contribution in [0.3, 0.4) is 0 Å². The number of rotatable bonds is 10. The summed E-state index contributed by atoms with van der Waals surface area (Å²) in [6.07, 6.45) is 2.75. The number of nitrogens with zero attached hydrogens (tertiary/aromatic N) is 5. The molecule has 0 saturated heterocycles. The van der Waals surface area contributed by atoms with E-state index in [1.807, 2.05) is 0 Å². The standard InChI is InChI=1S/C22H19FN8O4/c23-16-5-3-14(4-6-16)11-24-20-27-21(25-13-18-2-1-9-35-18)29-22(28-20)30-26-12-15-10-17(31(33)34)7-8-19(15)32/h1-10,12,32H,11,13H2,(H3,24,25,27,28,29,30)/b26-12+. The van der Waals surface area contributed by atoms with Crippen LogP contribution in [0.1, 0.15) is 16.9 Å². The molecule has 13 heteroatoms. The van der Waals surface area contributed by atoms with Crippen LogP contribution in [0, 0.1) is 15.9 Å². The molecule has 2 heterocycles. The van der Waals surface area contributed by atoms with Gasteiger partial charge in [0.2, 0.25) is 17.8 Å². The molecule has 0 amide bonds. The van der Waals surface area contributed by atoms with E-state index in [1.54, 1.807) is 30.5 Å². The van der Waals surface area contributed by atoms with Crippen LogP contribution in [0.2, 0.25) is 0 Å². The third kappa shape index (κ3) is 6.47. The second kappa shape index (κ2) is 10.7. The molecule has 0 aliphatic carbocycles. The summed E-state index contributed by atoms with van der Waals surface area (Å²) >= 11 is 0. The van der Waals surface area contributed by atoms with Crippen molar-refractivity contribution in [2.75, 3.05) is 16.1 Å². The number of nitrogens with one attached hydrogen (secondary N) is 3. The van der Waals surface area contributed by atoms with Crippen molar-refractivity contribution in [1.82, 2.24) is 15.0 Å². The number of hydrogen-bond acceptors (Lipinski definition) is 11. The largest absolute Gasteiger partial charge is 0.507 e. The first-order chi connectivity index (χ1) is 17.0. The average Bonchev–Trinajstić information content (AvgIpc) is 3.37. The highest BCUT2D eigenvalue weighted by Gasteiger charge is 2.10. The van der Waals surface area contributed by atoms with Gasteiger partial charge in [-0.3, -0.25) is 10.1 Å². The van der Waals surface area contributed by atoms with Crippen molar-refractivity contribution in [1.29, 1.82) is 0 Å². The molecule has 12 nitrogen and oxygen atoms in total. The molecule has 2 aromatic carbocycles. The number of furan rings is 1. The van der Waals surface area contributed by atoms with Gasteiger partial charge in [0.25, 0.3) is 5.69 Å². The number of halogens is 1. The summed E-state index contributed by atoms with van der Waals surface area (Å²) in [5.74, 6) is 0.636. The van der Waals surface area contributed by atoms with Crippen molar-refractivity contribution in [3.8, 4) is 5.75 Å². The number of aromatic hydroxyl groups is 1. The van der Waals surface area contributed by atoms with E-state index < -0.39 is 4.92 Å². The monoisotopic (exact) mass is 478 g/mol. The summed E-state index contributed by atoms with van der Waals surface area (Å²) in [5.41, 5.74) is 3.37. The lowest BCUT2D eigenvalue weighted by Crippen LogP contribution is -2.11. The molecule has 0 atom stereocenters. The van der Waals surface area contributed by atoms with Gasteiger partial charge in [-0.2, -0.15) is 20.1 Å². The lowest BCUT2D eigenvalue weighted by molar-refractivity contribution is -0.384. The molecule has 178 valence electrons. The van der Waals surface area contributed by atoms with Crippen molar-refractivity contribution < 1.29 is 18.8 Å². The molecule has 2 aromatic heterocycles. The Kier molecular flexibility index (Phi) is 7.06. The van der Waals surface area contributed by atoms with Gasteiger partial charge in [0.1, 0.15) is 17.3 Å². The topological polar surface area (TPSA) is 164 Å². The predicted octanol–water partition coefficient (Wildman–Crippen LogP) is 3.89. The predicted molar refractivity (Wildman–Crippen MR) is 126 cm³/mol. The number of phenols is 1. The van der Waals surface area contributed by atoms with E-state index in [0.29, 0.717) is 18.8 Å². The lowest BCUT2D eigenvalue weighted by Gasteiger charge is -2.09. The highest BCUT2D eigenvalue weighted by Crippen LogP contribution is 2.21. The highest BCUT2D eigenvalue weighted by atomic mass is 19.1. The Balaban J connectivity index is 1.51. The van der Waals surface area contributed by atoms with Gasteiger partial charge in [-0.25, -0.2) is 9.82 Å². The Morgan fingerprint density at radius 3 is 2.43 bits per heavy atom. The first kappa shape index (κ1) is 23.1. The zero-order valence-electron chi connectivity index (χ0n) is 18.1. The first-order valence-electron chi connectivity index (χ1n) is 10.2. The van der Waals surface area contributed by atoms with Gasteiger partial charge >= 0.3 is 0 Å². The van der Waals surface area contributed by atoms with Crippen LogP contribution >= 0.6 is 0 Å². The third-order valence-electron chi connectivity index (χ3n) is 4.59. The van der Waals surface area contributed by atoms with Crippen LogP contribution in [0.5, 0.6) is 5.75 Å². The minimum Gasteiger partial charge on any atom is -0.507 e. The minimum atomic E-state index is -0.577. The normalized spacial score (nSPS) is 10.9. The summed E-state index contributed by atoms with van der Waals surface area (Å²) in [6, 6.07) is 13.1. The summed E-state index contributed by atoms with van der Waals surface area (Å²) in [5, 5.41) is 30.9. The summed E-state index contributed by atoms with van der Waals surface area (Å²) < 4.78 is 18.4. The average molecular weight is 478 g/mol. The maximum Gasteiger partial charge on any atom is 0.270 e. The van der Waals surface area contributed by atoms with E-state index in [9.17, 15) is 19.6 Å². The second-order valence-corrected chi connectivity index (χ2v) is 7.09. The van der Waals surface area contributed by atoms with E-state index in [1.165, 1.54) is 36.5 Å². The molecule has 0 radical (unpaired) electrons. The van der Waals surface area contributed by atoms with Crippen LogP contribution < -0.4 is 16.1 Å². The second-order valence-electron chi connectivity index (χ2n) is 7.09. The highest BCUT2D eigenvalue weighted by molar-refractivity contribution is 5.84. The van der Waals surface area contributed by atoms with Crippen LogP contribution in [0.25, 0.3) is 0 Å². The molecule has 0 bridgehead atoms. The smallest absolute Gasteiger partial charge is 0.270 e. The Morgan fingerprint density at radius 2 is 1.74 bits per heavy atom. The summed E-state index contributed by atoms with van der Waals surface area (Å²) in [4.78, 5) is 23.2. The van der Waals surface area contributed by atoms with Crippen molar-refractivity contribution in [2.24, 2.45) is 5.10 Å². The van der Waals surface area contributed by atoms with Gasteiger partial charge in [-0.05, 0) is 35.9 Å². The molecular formula is C22H19FN8O4. The van der Waals surface area contributed by atoms with Crippen molar-refractivity contribution >= 4 is 29.7 Å². The molecule has 0 aliphatic rings. The molecule has 0 fully saturated rings. The Morgan fingerprint density at radius 1 is 1.03 bits per heavy atom. The molecule has 0 aliphatic heterocycles.